The van der Waals surface area contributed by atoms with Gasteiger partial charge in [0, 0.05) is 19.5 Å². The lowest BCUT2D eigenvalue weighted by molar-refractivity contribution is -0.134. The van der Waals surface area contributed by atoms with E-state index in [-0.39, 0.29) is 12.0 Å². The number of nitrogens with zero attached hydrogens (tertiary/aromatic N) is 1. The van der Waals surface area contributed by atoms with Crippen molar-refractivity contribution in [2.45, 2.75) is 45.1 Å². The van der Waals surface area contributed by atoms with Crippen LogP contribution in [0.5, 0.6) is 0 Å². The Labute approximate surface area is 115 Å². The summed E-state index contributed by atoms with van der Waals surface area (Å²) in [5, 5.41) is 9.56. The Morgan fingerprint density at radius 2 is 2.11 bits per heavy atom. The topological polar surface area (TPSA) is 40.5 Å². The van der Waals surface area contributed by atoms with Crippen molar-refractivity contribution in [3.05, 3.63) is 35.4 Å². The normalized spacial score (nSPS) is 19.5. The van der Waals surface area contributed by atoms with Gasteiger partial charge in [0.05, 0.1) is 6.10 Å². The Morgan fingerprint density at radius 3 is 2.79 bits per heavy atom. The van der Waals surface area contributed by atoms with Crippen LogP contribution in [0.2, 0.25) is 0 Å². The van der Waals surface area contributed by atoms with Gasteiger partial charge >= 0.3 is 0 Å². The van der Waals surface area contributed by atoms with Crippen molar-refractivity contribution in [1.29, 1.82) is 0 Å². The highest BCUT2D eigenvalue weighted by Crippen LogP contribution is 2.13. The number of hydrogen-bond donors (Lipinski definition) is 1. The summed E-state index contributed by atoms with van der Waals surface area (Å²) in [6, 6.07) is 8.48. The number of likely N-dealkylation sites (tertiary alicyclic amines) is 1. The Morgan fingerprint density at radius 1 is 1.37 bits per heavy atom. The second-order valence-corrected chi connectivity index (χ2v) is 5.47. The van der Waals surface area contributed by atoms with E-state index in [0.717, 1.165) is 32.2 Å². The highest BCUT2D eigenvalue weighted by Gasteiger charge is 2.21. The first-order valence-corrected chi connectivity index (χ1v) is 7.16. The molecule has 0 aromatic heterocycles. The van der Waals surface area contributed by atoms with Gasteiger partial charge in [-0.2, -0.15) is 0 Å². The van der Waals surface area contributed by atoms with E-state index in [1.807, 2.05) is 4.90 Å². The Balaban J connectivity index is 1.73. The number of aliphatic hydroxyl groups is 1. The Kier molecular flexibility index (Phi) is 4.97. The van der Waals surface area contributed by atoms with E-state index in [2.05, 4.69) is 31.2 Å². The number of benzene rings is 1. The molecule has 1 aliphatic heterocycles. The molecule has 104 valence electrons. The summed E-state index contributed by atoms with van der Waals surface area (Å²) in [4.78, 5) is 13.8. The van der Waals surface area contributed by atoms with Crippen LogP contribution in [0.4, 0.5) is 0 Å². The molecule has 1 aromatic carbocycles. The SMILES string of the molecule is Cc1ccc(CCCC(=O)N2CCCC(O)C2)cc1. The van der Waals surface area contributed by atoms with Crippen LogP contribution >= 0.6 is 0 Å². The first-order chi connectivity index (χ1) is 9.15. The zero-order valence-corrected chi connectivity index (χ0v) is 11.6. The fourth-order valence-corrected chi connectivity index (χ4v) is 2.54. The van der Waals surface area contributed by atoms with Gasteiger partial charge in [-0.25, -0.2) is 0 Å². The number of amides is 1. The standard InChI is InChI=1S/C16H23NO2/c1-13-7-9-14(10-8-13)4-2-6-16(19)17-11-3-5-15(18)12-17/h7-10,15,18H,2-6,11-12H2,1H3. The predicted molar refractivity (Wildman–Crippen MR) is 75.9 cm³/mol. The minimum atomic E-state index is -0.324. The van der Waals surface area contributed by atoms with Gasteiger partial charge in [-0.15, -0.1) is 0 Å². The summed E-state index contributed by atoms with van der Waals surface area (Å²) in [7, 11) is 0. The molecule has 19 heavy (non-hydrogen) atoms. The molecule has 0 spiro atoms. The smallest absolute Gasteiger partial charge is 0.222 e. The molecule has 1 fully saturated rings. The maximum absolute atomic E-state index is 12.0. The van der Waals surface area contributed by atoms with E-state index >= 15 is 0 Å². The maximum Gasteiger partial charge on any atom is 0.222 e. The van der Waals surface area contributed by atoms with Crippen LogP contribution < -0.4 is 0 Å². The molecule has 1 unspecified atom stereocenters. The lowest BCUT2D eigenvalue weighted by Crippen LogP contribution is -2.42. The van der Waals surface area contributed by atoms with Gasteiger partial charge < -0.3 is 10.0 Å². The number of aryl methyl sites for hydroxylation is 2. The molecule has 3 heteroatoms. The van der Waals surface area contributed by atoms with E-state index in [4.69, 9.17) is 0 Å². The van der Waals surface area contributed by atoms with Gasteiger partial charge in [-0.1, -0.05) is 29.8 Å². The summed E-state index contributed by atoms with van der Waals surface area (Å²) < 4.78 is 0. The number of carbonyl (C=O) groups is 1. The molecule has 1 heterocycles. The third kappa shape index (κ3) is 4.35. The zero-order valence-electron chi connectivity index (χ0n) is 11.6. The van der Waals surface area contributed by atoms with Gasteiger partial charge in [0.25, 0.3) is 0 Å². The minimum absolute atomic E-state index is 0.186. The fraction of sp³-hybridized carbons (Fsp3) is 0.562. The van der Waals surface area contributed by atoms with Crippen molar-refractivity contribution in [3.8, 4) is 0 Å². The average molecular weight is 261 g/mol. The average Bonchev–Trinajstić information content (AvgIpc) is 2.41. The van der Waals surface area contributed by atoms with Crippen LogP contribution in [-0.4, -0.2) is 35.1 Å². The highest BCUT2D eigenvalue weighted by atomic mass is 16.3. The van der Waals surface area contributed by atoms with Crippen LogP contribution in [0.15, 0.2) is 24.3 Å². The van der Waals surface area contributed by atoms with Gasteiger partial charge in [0.2, 0.25) is 5.91 Å². The zero-order chi connectivity index (χ0) is 13.7. The van der Waals surface area contributed by atoms with E-state index in [1.165, 1.54) is 11.1 Å². The van der Waals surface area contributed by atoms with Crippen molar-refractivity contribution in [2.24, 2.45) is 0 Å². The van der Waals surface area contributed by atoms with Gasteiger partial charge in [0.15, 0.2) is 0 Å². The van der Waals surface area contributed by atoms with Crippen molar-refractivity contribution in [2.75, 3.05) is 13.1 Å². The first-order valence-electron chi connectivity index (χ1n) is 7.16. The van der Waals surface area contributed by atoms with Crippen LogP contribution in [0.1, 0.15) is 36.8 Å². The van der Waals surface area contributed by atoms with Gasteiger partial charge in [0.1, 0.15) is 0 Å². The molecular formula is C16H23NO2. The minimum Gasteiger partial charge on any atom is -0.391 e. The predicted octanol–water partition coefficient (Wildman–Crippen LogP) is 2.30. The molecule has 1 atom stereocenters. The maximum atomic E-state index is 12.0. The van der Waals surface area contributed by atoms with Crippen molar-refractivity contribution in [1.82, 2.24) is 4.90 Å². The van der Waals surface area contributed by atoms with Crippen molar-refractivity contribution in [3.63, 3.8) is 0 Å². The molecule has 3 nitrogen and oxygen atoms in total. The van der Waals surface area contributed by atoms with Crippen molar-refractivity contribution < 1.29 is 9.90 Å². The van der Waals surface area contributed by atoms with Crippen LogP contribution in [0.25, 0.3) is 0 Å². The molecule has 1 N–H and O–H groups in total. The Hall–Kier alpha value is -1.35. The Bertz CT molecular complexity index is 413. The third-order valence-electron chi connectivity index (χ3n) is 3.73. The van der Waals surface area contributed by atoms with Crippen LogP contribution in [0.3, 0.4) is 0 Å². The number of aliphatic hydroxyl groups excluding tert-OH is 1. The quantitative estimate of drug-likeness (QED) is 0.903. The molecule has 1 aliphatic rings. The lowest BCUT2D eigenvalue weighted by atomic mass is 10.0. The highest BCUT2D eigenvalue weighted by molar-refractivity contribution is 5.76. The monoisotopic (exact) mass is 261 g/mol. The second-order valence-electron chi connectivity index (χ2n) is 5.47. The van der Waals surface area contributed by atoms with E-state index in [1.54, 1.807) is 0 Å². The number of hydrogen-bond acceptors (Lipinski definition) is 2. The van der Waals surface area contributed by atoms with Gasteiger partial charge in [-0.05, 0) is 38.2 Å². The summed E-state index contributed by atoms with van der Waals surface area (Å²) in [6.07, 6.45) is 3.84. The molecule has 0 radical (unpaired) electrons. The van der Waals surface area contributed by atoms with Crippen molar-refractivity contribution >= 4 is 5.91 Å². The summed E-state index contributed by atoms with van der Waals surface area (Å²) >= 11 is 0. The largest absolute Gasteiger partial charge is 0.391 e. The fourth-order valence-electron chi connectivity index (χ4n) is 2.54. The molecule has 1 aromatic rings. The second kappa shape index (κ2) is 6.71. The number of β-amino-alcohol motifs (C(OH)–C–C–N with tert-alkyl or cyclic N) is 1. The van der Waals surface area contributed by atoms with Crippen LogP contribution in [-0.2, 0) is 11.2 Å². The lowest BCUT2D eigenvalue weighted by Gasteiger charge is -2.30. The molecule has 1 saturated heterocycles. The molecule has 2 rings (SSSR count). The number of carbonyl (C=O) groups excluding carboxylic acids is 1. The molecule has 0 aliphatic carbocycles. The van der Waals surface area contributed by atoms with E-state index in [0.29, 0.717) is 13.0 Å². The number of piperidine rings is 1. The summed E-state index contributed by atoms with van der Waals surface area (Å²) in [5.74, 6) is 0.186. The molecular weight excluding hydrogens is 238 g/mol. The summed E-state index contributed by atoms with van der Waals surface area (Å²) in [6.45, 7) is 3.40. The van der Waals surface area contributed by atoms with Crippen LogP contribution in [0, 0.1) is 6.92 Å². The van der Waals surface area contributed by atoms with E-state index < -0.39 is 0 Å². The molecule has 0 bridgehead atoms. The summed E-state index contributed by atoms with van der Waals surface area (Å²) in [5.41, 5.74) is 2.55. The molecule has 1 amide bonds. The molecule has 0 saturated carbocycles. The number of rotatable bonds is 4. The van der Waals surface area contributed by atoms with Gasteiger partial charge in [-0.3, -0.25) is 4.79 Å². The first kappa shape index (κ1) is 14.1. The third-order valence-corrected chi connectivity index (χ3v) is 3.73. The van der Waals surface area contributed by atoms with E-state index in [9.17, 15) is 9.90 Å².